The van der Waals surface area contributed by atoms with Crippen molar-refractivity contribution >= 4 is 28.9 Å². The Balaban J connectivity index is 1.89. The lowest BCUT2D eigenvalue weighted by molar-refractivity contribution is -0.123. The maximum absolute atomic E-state index is 13.6. The minimum Gasteiger partial charge on any atom is -0.490 e. The second-order valence-electron chi connectivity index (χ2n) is 9.61. The average molecular weight is 469 g/mol. The van der Waals surface area contributed by atoms with Gasteiger partial charge in [0.1, 0.15) is 17.2 Å². The molecule has 0 aliphatic heterocycles. The van der Waals surface area contributed by atoms with Crippen molar-refractivity contribution in [1.29, 1.82) is 0 Å². The Labute approximate surface area is 200 Å². The SMILES string of the molecule is CC1CCC(C(=O)N(CCOc2cccnc2)c2cc(C#CC(C)(C)C)sc2C(=O)O)CC1. The molecule has 2 aromatic heterocycles. The van der Waals surface area contributed by atoms with Gasteiger partial charge >= 0.3 is 5.97 Å². The quantitative estimate of drug-likeness (QED) is 0.545. The van der Waals surface area contributed by atoms with Gasteiger partial charge in [-0.05, 0) is 70.6 Å². The van der Waals surface area contributed by atoms with E-state index < -0.39 is 5.97 Å². The summed E-state index contributed by atoms with van der Waals surface area (Å²) in [6.07, 6.45) is 6.94. The molecule has 0 unspecified atom stereocenters. The lowest BCUT2D eigenvalue weighted by Crippen LogP contribution is -2.40. The molecule has 1 aliphatic carbocycles. The maximum atomic E-state index is 13.6. The summed E-state index contributed by atoms with van der Waals surface area (Å²) in [5.74, 6) is 6.27. The minimum atomic E-state index is -1.05. The van der Waals surface area contributed by atoms with Crippen molar-refractivity contribution in [2.75, 3.05) is 18.1 Å². The molecule has 1 saturated carbocycles. The van der Waals surface area contributed by atoms with Crippen molar-refractivity contribution in [3.8, 4) is 17.6 Å². The van der Waals surface area contributed by atoms with Crippen LogP contribution in [0.5, 0.6) is 5.75 Å². The number of ether oxygens (including phenoxy) is 1. The topological polar surface area (TPSA) is 79.7 Å². The minimum absolute atomic E-state index is 0.0349. The summed E-state index contributed by atoms with van der Waals surface area (Å²) in [5.41, 5.74) is 0.198. The Morgan fingerprint density at radius 3 is 2.61 bits per heavy atom. The van der Waals surface area contributed by atoms with Gasteiger partial charge in [0, 0.05) is 17.5 Å². The first-order valence-electron chi connectivity index (χ1n) is 11.4. The second-order valence-corrected chi connectivity index (χ2v) is 10.7. The summed E-state index contributed by atoms with van der Waals surface area (Å²) < 4.78 is 5.78. The van der Waals surface area contributed by atoms with Crippen LogP contribution in [0.4, 0.5) is 5.69 Å². The first-order valence-corrected chi connectivity index (χ1v) is 12.2. The monoisotopic (exact) mass is 468 g/mol. The molecule has 1 N–H and O–H groups in total. The number of hydrogen-bond donors (Lipinski definition) is 1. The van der Waals surface area contributed by atoms with E-state index in [2.05, 4.69) is 23.7 Å². The normalized spacial score (nSPS) is 18.2. The van der Waals surface area contributed by atoms with E-state index in [9.17, 15) is 14.7 Å². The lowest BCUT2D eigenvalue weighted by atomic mass is 9.82. The Morgan fingerprint density at radius 1 is 1.27 bits per heavy atom. The van der Waals surface area contributed by atoms with Crippen molar-refractivity contribution in [2.45, 2.75) is 53.4 Å². The molecule has 0 atom stereocenters. The zero-order valence-electron chi connectivity index (χ0n) is 19.8. The van der Waals surface area contributed by atoms with E-state index in [4.69, 9.17) is 4.74 Å². The molecule has 0 aromatic carbocycles. The number of rotatable bonds is 7. The fourth-order valence-electron chi connectivity index (χ4n) is 3.81. The number of anilines is 1. The van der Waals surface area contributed by atoms with Crippen LogP contribution in [0.1, 0.15) is 67.9 Å². The fourth-order valence-corrected chi connectivity index (χ4v) is 4.66. The van der Waals surface area contributed by atoms with E-state index in [-0.39, 0.29) is 35.3 Å². The highest BCUT2D eigenvalue weighted by Crippen LogP contribution is 2.35. The number of carboxylic acid groups (broad SMARTS) is 1. The number of carbonyl (C=O) groups is 2. The molecule has 33 heavy (non-hydrogen) atoms. The van der Waals surface area contributed by atoms with Crippen LogP contribution in [0.2, 0.25) is 0 Å². The number of thiophene rings is 1. The van der Waals surface area contributed by atoms with Gasteiger partial charge in [0.05, 0.1) is 23.3 Å². The van der Waals surface area contributed by atoms with E-state index in [1.165, 1.54) is 0 Å². The Morgan fingerprint density at radius 2 is 2.00 bits per heavy atom. The number of carbonyl (C=O) groups excluding carboxylic acids is 1. The van der Waals surface area contributed by atoms with E-state index in [1.54, 1.807) is 35.5 Å². The largest absolute Gasteiger partial charge is 0.490 e. The smallest absolute Gasteiger partial charge is 0.348 e. The van der Waals surface area contributed by atoms with Gasteiger partial charge in [-0.3, -0.25) is 9.78 Å². The van der Waals surface area contributed by atoms with Crippen molar-refractivity contribution in [1.82, 2.24) is 4.98 Å². The Bertz CT molecular complexity index is 1020. The molecule has 2 heterocycles. The average Bonchev–Trinajstić information content (AvgIpc) is 3.20. The van der Waals surface area contributed by atoms with Gasteiger partial charge in [0.2, 0.25) is 5.91 Å². The lowest BCUT2D eigenvalue weighted by Gasteiger charge is -2.31. The summed E-state index contributed by atoms with van der Waals surface area (Å²) in [5, 5.41) is 9.87. The molecule has 1 fully saturated rings. The molecule has 2 aromatic rings. The zero-order valence-corrected chi connectivity index (χ0v) is 20.6. The molecule has 0 spiro atoms. The summed E-state index contributed by atoms with van der Waals surface area (Å²) in [6, 6.07) is 5.32. The van der Waals surface area contributed by atoms with Crippen LogP contribution in [0.15, 0.2) is 30.6 Å². The summed E-state index contributed by atoms with van der Waals surface area (Å²) >= 11 is 1.11. The molecule has 0 saturated heterocycles. The highest BCUT2D eigenvalue weighted by molar-refractivity contribution is 7.15. The van der Waals surface area contributed by atoms with Gasteiger partial charge in [0.15, 0.2) is 0 Å². The number of pyridine rings is 1. The number of nitrogens with zero attached hydrogens (tertiary/aromatic N) is 2. The van der Waals surface area contributed by atoms with Gasteiger partial charge < -0.3 is 14.7 Å². The van der Waals surface area contributed by atoms with E-state index >= 15 is 0 Å². The predicted molar refractivity (Wildman–Crippen MR) is 131 cm³/mol. The molecule has 7 heteroatoms. The molecule has 0 bridgehead atoms. The second kappa shape index (κ2) is 10.8. The molecule has 1 amide bonds. The molecule has 3 rings (SSSR count). The van der Waals surface area contributed by atoms with E-state index in [0.29, 0.717) is 22.2 Å². The molecular formula is C26H32N2O4S. The van der Waals surface area contributed by atoms with Gasteiger partial charge in [-0.15, -0.1) is 11.3 Å². The third kappa shape index (κ3) is 7.06. The van der Waals surface area contributed by atoms with Crippen LogP contribution in [0, 0.1) is 29.1 Å². The highest BCUT2D eigenvalue weighted by atomic mass is 32.1. The molecule has 0 radical (unpaired) electrons. The Kier molecular flexibility index (Phi) is 8.15. The molecule has 6 nitrogen and oxygen atoms in total. The van der Waals surface area contributed by atoms with E-state index in [0.717, 1.165) is 37.0 Å². The van der Waals surface area contributed by atoms with Gasteiger partial charge in [-0.1, -0.05) is 18.8 Å². The first-order chi connectivity index (χ1) is 15.6. The summed E-state index contributed by atoms with van der Waals surface area (Å²) in [4.78, 5) is 32.1. The van der Waals surface area contributed by atoms with Crippen molar-refractivity contribution < 1.29 is 19.4 Å². The predicted octanol–water partition coefficient (Wildman–Crippen LogP) is 5.48. The van der Waals surface area contributed by atoms with Gasteiger partial charge in [-0.2, -0.15) is 0 Å². The number of hydrogen-bond acceptors (Lipinski definition) is 5. The van der Waals surface area contributed by atoms with Crippen LogP contribution in [0.3, 0.4) is 0 Å². The van der Waals surface area contributed by atoms with Crippen LogP contribution in [-0.2, 0) is 4.79 Å². The molecular weight excluding hydrogens is 436 g/mol. The summed E-state index contributed by atoms with van der Waals surface area (Å²) in [6.45, 7) is 8.70. The van der Waals surface area contributed by atoms with Crippen LogP contribution >= 0.6 is 11.3 Å². The van der Waals surface area contributed by atoms with E-state index in [1.807, 2.05) is 20.8 Å². The first kappa shape index (κ1) is 24.8. The van der Waals surface area contributed by atoms with Gasteiger partial charge in [0.25, 0.3) is 0 Å². The maximum Gasteiger partial charge on any atom is 0.348 e. The highest BCUT2D eigenvalue weighted by Gasteiger charge is 2.32. The van der Waals surface area contributed by atoms with Gasteiger partial charge in [-0.25, -0.2) is 4.79 Å². The summed E-state index contributed by atoms with van der Waals surface area (Å²) in [7, 11) is 0. The number of aromatic carboxylic acids is 1. The third-order valence-corrected chi connectivity index (χ3v) is 6.64. The fraction of sp³-hybridized carbons (Fsp3) is 0.500. The van der Waals surface area contributed by atoms with Crippen molar-refractivity contribution in [2.24, 2.45) is 17.3 Å². The number of carboxylic acids is 1. The Hall–Kier alpha value is -2.85. The van der Waals surface area contributed by atoms with Crippen molar-refractivity contribution in [3.63, 3.8) is 0 Å². The van der Waals surface area contributed by atoms with Crippen LogP contribution in [-0.4, -0.2) is 35.1 Å². The van der Waals surface area contributed by atoms with Crippen LogP contribution in [0.25, 0.3) is 0 Å². The van der Waals surface area contributed by atoms with Crippen LogP contribution < -0.4 is 9.64 Å². The number of amides is 1. The van der Waals surface area contributed by atoms with Crippen molar-refractivity contribution in [3.05, 3.63) is 40.3 Å². The number of aromatic nitrogens is 1. The standard InChI is InChI=1S/C26H32N2O4S/c1-18-7-9-19(10-8-18)24(29)28(14-15-32-20-6-5-13-27-17-20)22-16-21(11-12-26(2,3)4)33-23(22)25(30)31/h5-6,13,16-19H,7-10,14-15H2,1-4H3,(H,30,31). The zero-order chi connectivity index (χ0) is 24.0. The molecule has 1 aliphatic rings. The third-order valence-electron chi connectivity index (χ3n) is 5.61. The molecule has 176 valence electrons.